The number of carbonyl (C=O) groups excluding carboxylic acids is 1. The molecule has 16 heavy (non-hydrogen) atoms. The average molecular weight is 220 g/mol. The monoisotopic (exact) mass is 220 g/mol. The second-order valence-electron chi connectivity index (χ2n) is 3.29. The molecule has 1 aromatic rings. The Morgan fingerprint density at radius 2 is 2.38 bits per heavy atom. The normalized spacial score (nSPS) is 11.9. The number of ether oxygens (including phenoxy) is 1. The fourth-order valence-corrected chi connectivity index (χ4v) is 1.39. The molecule has 86 valence electrons. The largest absolute Gasteiger partial charge is 0.462 e. The summed E-state index contributed by atoms with van der Waals surface area (Å²) >= 11 is 0. The summed E-state index contributed by atoms with van der Waals surface area (Å²) in [5.41, 5.74) is 8.01. The van der Waals surface area contributed by atoms with Crippen molar-refractivity contribution in [2.24, 2.45) is 5.73 Å². The van der Waals surface area contributed by atoms with E-state index in [1.807, 2.05) is 13.0 Å². The lowest BCUT2D eigenvalue weighted by Gasteiger charge is -2.08. The fraction of sp³-hybridized carbons (Fsp3) is 0.250. The topological polar surface area (TPSA) is 68.1 Å². The molecular weight excluding hydrogens is 204 g/mol. The molecule has 0 fully saturated rings. The lowest BCUT2D eigenvalue weighted by atomic mass is 10.1. The van der Waals surface area contributed by atoms with Crippen molar-refractivity contribution in [3.8, 4) is 0 Å². The predicted octanol–water partition coefficient (Wildman–Crippen LogP) is 1.74. The highest BCUT2D eigenvalue weighted by molar-refractivity contribution is 6.17. The van der Waals surface area contributed by atoms with Crippen LogP contribution in [0.25, 0.3) is 5.57 Å². The van der Waals surface area contributed by atoms with Gasteiger partial charge in [0.2, 0.25) is 0 Å². The number of nitrogens with one attached hydrogen (secondary N) is 1. The predicted molar refractivity (Wildman–Crippen MR) is 63.5 cm³/mol. The lowest BCUT2D eigenvalue weighted by molar-refractivity contribution is -0.136. The number of aryl methyl sites for hydroxylation is 1. The molecule has 1 heterocycles. The highest BCUT2D eigenvalue weighted by atomic mass is 16.5. The number of carbonyl (C=O) groups is 1. The third-order valence-corrected chi connectivity index (χ3v) is 2.19. The van der Waals surface area contributed by atoms with Gasteiger partial charge in [-0.05, 0) is 31.6 Å². The number of hydrogen-bond donors (Lipinski definition) is 2. The number of rotatable bonds is 4. The van der Waals surface area contributed by atoms with Crippen LogP contribution in [0.4, 0.5) is 0 Å². The summed E-state index contributed by atoms with van der Waals surface area (Å²) < 4.78 is 4.96. The number of hydrogen-bond acceptors (Lipinski definition) is 3. The SMILES string of the molecule is C=C/C(N)=C(/C(=O)OCC)c1[nH]ccc1C. The van der Waals surface area contributed by atoms with Crippen LogP contribution in [0.1, 0.15) is 18.2 Å². The number of esters is 1. The molecule has 0 aliphatic rings. The Morgan fingerprint density at radius 1 is 1.69 bits per heavy atom. The van der Waals surface area contributed by atoms with Crippen LogP contribution in [-0.2, 0) is 9.53 Å². The van der Waals surface area contributed by atoms with E-state index in [-0.39, 0.29) is 0 Å². The maximum Gasteiger partial charge on any atom is 0.342 e. The van der Waals surface area contributed by atoms with Crippen molar-refractivity contribution < 1.29 is 9.53 Å². The molecule has 4 nitrogen and oxygen atoms in total. The quantitative estimate of drug-likeness (QED) is 0.461. The van der Waals surface area contributed by atoms with Crippen LogP contribution in [0.15, 0.2) is 30.6 Å². The number of H-pyrrole nitrogens is 1. The molecule has 3 N–H and O–H groups in total. The minimum absolute atomic E-state index is 0.309. The highest BCUT2D eigenvalue weighted by Crippen LogP contribution is 2.20. The van der Waals surface area contributed by atoms with Crippen LogP contribution >= 0.6 is 0 Å². The number of aromatic nitrogens is 1. The van der Waals surface area contributed by atoms with Gasteiger partial charge >= 0.3 is 5.97 Å². The van der Waals surface area contributed by atoms with Gasteiger partial charge in [-0.25, -0.2) is 4.79 Å². The van der Waals surface area contributed by atoms with Gasteiger partial charge in [-0.15, -0.1) is 0 Å². The summed E-state index contributed by atoms with van der Waals surface area (Å²) in [6.45, 7) is 7.51. The van der Waals surface area contributed by atoms with Gasteiger partial charge in [0.05, 0.1) is 12.3 Å². The summed E-state index contributed by atoms with van der Waals surface area (Å²) in [6.07, 6.45) is 3.19. The van der Waals surface area contributed by atoms with Crippen molar-refractivity contribution in [1.82, 2.24) is 4.98 Å². The average Bonchev–Trinajstić information content (AvgIpc) is 2.65. The second kappa shape index (κ2) is 5.21. The Hall–Kier alpha value is -1.97. The maximum atomic E-state index is 11.8. The Balaban J connectivity index is 3.23. The molecule has 1 rings (SSSR count). The second-order valence-corrected chi connectivity index (χ2v) is 3.29. The van der Waals surface area contributed by atoms with Crippen LogP contribution in [0.3, 0.4) is 0 Å². The van der Waals surface area contributed by atoms with Gasteiger partial charge in [-0.3, -0.25) is 0 Å². The standard InChI is InChI=1S/C12H16N2O2/c1-4-9(13)10(12(15)16-5-2)11-8(3)6-7-14-11/h4,6-7,14H,1,5,13H2,2-3H3/b10-9-. The summed E-state index contributed by atoms with van der Waals surface area (Å²) in [4.78, 5) is 14.7. The lowest BCUT2D eigenvalue weighted by Crippen LogP contribution is -2.13. The van der Waals surface area contributed by atoms with E-state index in [1.165, 1.54) is 6.08 Å². The molecule has 0 saturated heterocycles. The molecule has 0 spiro atoms. The minimum Gasteiger partial charge on any atom is -0.462 e. The van der Waals surface area contributed by atoms with Gasteiger partial charge in [-0.2, -0.15) is 0 Å². The van der Waals surface area contributed by atoms with Gasteiger partial charge in [0.1, 0.15) is 5.57 Å². The van der Waals surface area contributed by atoms with Crippen molar-refractivity contribution >= 4 is 11.5 Å². The zero-order chi connectivity index (χ0) is 12.1. The summed E-state index contributed by atoms with van der Waals surface area (Å²) in [5.74, 6) is -0.439. The summed E-state index contributed by atoms with van der Waals surface area (Å²) in [6, 6.07) is 1.87. The highest BCUT2D eigenvalue weighted by Gasteiger charge is 2.18. The summed E-state index contributed by atoms with van der Waals surface area (Å²) in [7, 11) is 0. The third-order valence-electron chi connectivity index (χ3n) is 2.19. The Bertz CT molecular complexity index is 430. The molecule has 0 unspecified atom stereocenters. The molecule has 0 aliphatic heterocycles. The van der Waals surface area contributed by atoms with Gasteiger partial charge in [-0.1, -0.05) is 6.58 Å². The van der Waals surface area contributed by atoms with Crippen molar-refractivity contribution in [2.45, 2.75) is 13.8 Å². The molecule has 4 heteroatoms. The Labute approximate surface area is 94.8 Å². The molecule has 0 saturated carbocycles. The molecule has 0 atom stereocenters. The molecule has 1 aromatic heterocycles. The van der Waals surface area contributed by atoms with E-state index in [0.717, 1.165) is 5.56 Å². The van der Waals surface area contributed by atoms with Gasteiger partial charge in [0.15, 0.2) is 0 Å². The molecule has 0 amide bonds. The first-order chi connectivity index (χ1) is 7.61. The van der Waals surface area contributed by atoms with Gasteiger partial charge in [0.25, 0.3) is 0 Å². The van der Waals surface area contributed by atoms with Crippen LogP contribution in [0.5, 0.6) is 0 Å². The third kappa shape index (κ3) is 2.34. The van der Waals surface area contributed by atoms with E-state index in [0.29, 0.717) is 23.6 Å². The molecule has 0 aliphatic carbocycles. The van der Waals surface area contributed by atoms with Crippen molar-refractivity contribution in [3.05, 3.63) is 41.9 Å². The molecular formula is C12H16N2O2. The smallest absolute Gasteiger partial charge is 0.342 e. The minimum atomic E-state index is -0.439. The molecule has 0 aromatic carbocycles. The summed E-state index contributed by atoms with van der Waals surface area (Å²) in [5, 5.41) is 0. The van der Waals surface area contributed by atoms with Crippen molar-refractivity contribution in [1.29, 1.82) is 0 Å². The van der Waals surface area contributed by atoms with Crippen LogP contribution in [0.2, 0.25) is 0 Å². The van der Waals surface area contributed by atoms with Crippen LogP contribution < -0.4 is 5.73 Å². The number of nitrogens with two attached hydrogens (primary N) is 1. The maximum absolute atomic E-state index is 11.8. The molecule has 0 radical (unpaired) electrons. The van der Waals surface area contributed by atoms with Crippen molar-refractivity contribution in [2.75, 3.05) is 6.61 Å². The first-order valence-electron chi connectivity index (χ1n) is 5.05. The van der Waals surface area contributed by atoms with Crippen molar-refractivity contribution in [3.63, 3.8) is 0 Å². The molecule has 0 bridgehead atoms. The first kappa shape index (κ1) is 12.1. The van der Waals surface area contributed by atoms with Gasteiger partial charge < -0.3 is 15.5 Å². The van der Waals surface area contributed by atoms with E-state index in [2.05, 4.69) is 11.6 Å². The zero-order valence-electron chi connectivity index (χ0n) is 9.54. The zero-order valence-corrected chi connectivity index (χ0v) is 9.54. The van der Waals surface area contributed by atoms with Gasteiger partial charge in [0, 0.05) is 11.9 Å². The Kier molecular flexibility index (Phi) is 3.94. The van der Waals surface area contributed by atoms with Crippen LogP contribution in [0, 0.1) is 6.92 Å². The van der Waals surface area contributed by atoms with E-state index in [1.54, 1.807) is 13.1 Å². The fourth-order valence-electron chi connectivity index (χ4n) is 1.39. The van der Waals surface area contributed by atoms with E-state index < -0.39 is 5.97 Å². The number of allylic oxidation sites excluding steroid dienone is 1. The van der Waals surface area contributed by atoms with Crippen LogP contribution in [-0.4, -0.2) is 17.6 Å². The first-order valence-corrected chi connectivity index (χ1v) is 5.05. The Morgan fingerprint density at radius 3 is 2.81 bits per heavy atom. The van der Waals surface area contributed by atoms with E-state index >= 15 is 0 Å². The van der Waals surface area contributed by atoms with E-state index in [9.17, 15) is 4.79 Å². The number of aromatic amines is 1. The van der Waals surface area contributed by atoms with E-state index in [4.69, 9.17) is 10.5 Å².